The molecule has 0 amide bonds. The van der Waals surface area contributed by atoms with Crippen molar-refractivity contribution >= 4 is 5.78 Å². The van der Waals surface area contributed by atoms with Crippen LogP contribution in [0.5, 0.6) is 0 Å². The zero-order chi connectivity index (χ0) is 13.2. The van der Waals surface area contributed by atoms with Gasteiger partial charge in [-0.1, -0.05) is 6.92 Å². The molecule has 0 unspecified atom stereocenters. The van der Waals surface area contributed by atoms with E-state index in [-0.39, 0.29) is 5.78 Å². The molecule has 18 heavy (non-hydrogen) atoms. The molecule has 0 aliphatic rings. The van der Waals surface area contributed by atoms with Crippen molar-refractivity contribution in [3.8, 4) is 0 Å². The number of hydrogen-bond acceptors (Lipinski definition) is 4. The summed E-state index contributed by atoms with van der Waals surface area (Å²) in [5, 5.41) is 0. The number of rotatable bonds is 10. The molecule has 0 radical (unpaired) electrons. The van der Waals surface area contributed by atoms with Gasteiger partial charge >= 0.3 is 0 Å². The van der Waals surface area contributed by atoms with Crippen molar-refractivity contribution in [2.24, 2.45) is 0 Å². The maximum absolute atomic E-state index is 11.7. The Balaban J connectivity index is 2.24. The summed E-state index contributed by atoms with van der Waals surface area (Å²) in [4.78, 5) is 15.9. The van der Waals surface area contributed by atoms with Gasteiger partial charge in [0.25, 0.3) is 0 Å². The van der Waals surface area contributed by atoms with Gasteiger partial charge in [-0.3, -0.25) is 4.79 Å². The highest BCUT2D eigenvalue weighted by Gasteiger charge is 2.08. The van der Waals surface area contributed by atoms with Gasteiger partial charge in [-0.05, 0) is 6.42 Å². The summed E-state index contributed by atoms with van der Waals surface area (Å²) in [5.74, 6) is 1.01. The van der Waals surface area contributed by atoms with E-state index in [1.165, 1.54) is 0 Å². The van der Waals surface area contributed by atoms with Crippen LogP contribution in [0.15, 0.2) is 12.4 Å². The number of imidazole rings is 1. The van der Waals surface area contributed by atoms with Gasteiger partial charge in [-0.15, -0.1) is 0 Å². The Morgan fingerprint density at radius 1 is 1.39 bits per heavy atom. The normalized spacial score (nSPS) is 10.8. The first kappa shape index (κ1) is 14.9. The molecule has 1 aromatic heterocycles. The Morgan fingerprint density at radius 2 is 2.22 bits per heavy atom. The van der Waals surface area contributed by atoms with Crippen LogP contribution in [-0.4, -0.2) is 42.3 Å². The SMILES string of the molecule is CCCn1ccnc1CC(=O)CCOCCOC. The fourth-order valence-corrected chi connectivity index (χ4v) is 1.65. The van der Waals surface area contributed by atoms with E-state index >= 15 is 0 Å². The van der Waals surface area contributed by atoms with Crippen molar-refractivity contribution in [2.75, 3.05) is 26.9 Å². The van der Waals surface area contributed by atoms with Crippen LogP contribution < -0.4 is 0 Å². The summed E-state index contributed by atoms with van der Waals surface area (Å²) in [6.07, 6.45) is 5.52. The van der Waals surface area contributed by atoms with E-state index < -0.39 is 0 Å². The molecule has 0 saturated heterocycles. The molecule has 1 rings (SSSR count). The minimum Gasteiger partial charge on any atom is -0.382 e. The minimum atomic E-state index is 0.163. The number of carbonyl (C=O) groups is 1. The lowest BCUT2D eigenvalue weighted by Gasteiger charge is -2.06. The van der Waals surface area contributed by atoms with Crippen LogP contribution in [0.1, 0.15) is 25.6 Å². The average molecular weight is 254 g/mol. The van der Waals surface area contributed by atoms with Crippen LogP contribution >= 0.6 is 0 Å². The average Bonchev–Trinajstić information content (AvgIpc) is 2.77. The van der Waals surface area contributed by atoms with Crippen molar-refractivity contribution in [3.63, 3.8) is 0 Å². The predicted molar refractivity (Wildman–Crippen MR) is 68.5 cm³/mol. The van der Waals surface area contributed by atoms with Gasteiger partial charge in [-0.2, -0.15) is 0 Å². The smallest absolute Gasteiger partial charge is 0.142 e. The van der Waals surface area contributed by atoms with Crippen molar-refractivity contribution in [3.05, 3.63) is 18.2 Å². The molecule has 0 bridgehead atoms. The van der Waals surface area contributed by atoms with Gasteiger partial charge in [0.15, 0.2) is 0 Å². The molecule has 0 atom stereocenters. The molecular weight excluding hydrogens is 232 g/mol. The second-order valence-corrected chi connectivity index (χ2v) is 4.11. The number of Topliss-reactive ketones (excluding diaryl/α,β-unsaturated/α-hetero) is 1. The van der Waals surface area contributed by atoms with Gasteiger partial charge in [0, 0.05) is 32.5 Å². The number of ether oxygens (including phenoxy) is 2. The number of aromatic nitrogens is 2. The third-order valence-corrected chi connectivity index (χ3v) is 2.58. The van der Waals surface area contributed by atoms with Crippen LogP contribution in [-0.2, 0) is 27.2 Å². The van der Waals surface area contributed by atoms with Gasteiger partial charge in [-0.25, -0.2) is 4.98 Å². The van der Waals surface area contributed by atoms with E-state index in [1.54, 1.807) is 13.3 Å². The Morgan fingerprint density at radius 3 is 2.94 bits per heavy atom. The lowest BCUT2D eigenvalue weighted by Crippen LogP contribution is -2.13. The molecular formula is C13H22N2O3. The number of carbonyl (C=O) groups excluding carboxylic acids is 1. The van der Waals surface area contributed by atoms with Crippen molar-refractivity contribution < 1.29 is 14.3 Å². The molecule has 0 aromatic carbocycles. The zero-order valence-electron chi connectivity index (χ0n) is 11.2. The minimum absolute atomic E-state index is 0.163. The number of methoxy groups -OCH3 is 1. The van der Waals surface area contributed by atoms with E-state index in [2.05, 4.69) is 11.9 Å². The first-order valence-corrected chi connectivity index (χ1v) is 6.36. The molecule has 5 heteroatoms. The first-order chi connectivity index (χ1) is 8.77. The highest BCUT2D eigenvalue weighted by Crippen LogP contribution is 2.02. The standard InChI is InChI=1S/C13H22N2O3/c1-3-6-15-7-5-14-13(15)11-12(16)4-8-18-10-9-17-2/h5,7H,3-4,6,8-11H2,1-2H3. The predicted octanol–water partition coefficient (Wildman–Crippen LogP) is 1.46. The molecule has 0 aliphatic heterocycles. The number of nitrogens with zero attached hydrogens (tertiary/aromatic N) is 2. The molecule has 102 valence electrons. The second kappa shape index (κ2) is 8.83. The van der Waals surface area contributed by atoms with Crippen molar-refractivity contribution in [1.29, 1.82) is 0 Å². The van der Waals surface area contributed by atoms with Crippen LogP contribution in [0.25, 0.3) is 0 Å². The molecule has 0 fully saturated rings. The third-order valence-electron chi connectivity index (χ3n) is 2.58. The first-order valence-electron chi connectivity index (χ1n) is 6.36. The molecule has 5 nitrogen and oxygen atoms in total. The summed E-state index contributed by atoms with van der Waals surface area (Å²) in [6.45, 7) is 4.57. The van der Waals surface area contributed by atoms with E-state index in [9.17, 15) is 4.79 Å². The van der Waals surface area contributed by atoms with E-state index in [0.29, 0.717) is 32.7 Å². The summed E-state index contributed by atoms with van der Waals surface area (Å²) < 4.78 is 12.2. The Hall–Kier alpha value is -1.20. The van der Waals surface area contributed by atoms with Crippen LogP contribution in [0.4, 0.5) is 0 Å². The van der Waals surface area contributed by atoms with E-state index in [1.807, 2.05) is 10.8 Å². The van der Waals surface area contributed by atoms with Gasteiger partial charge < -0.3 is 14.0 Å². The van der Waals surface area contributed by atoms with Crippen molar-refractivity contribution in [1.82, 2.24) is 9.55 Å². The Bertz CT molecular complexity index is 350. The lowest BCUT2D eigenvalue weighted by atomic mass is 10.2. The zero-order valence-corrected chi connectivity index (χ0v) is 11.2. The van der Waals surface area contributed by atoms with Gasteiger partial charge in [0.05, 0.1) is 26.2 Å². The summed E-state index contributed by atoms with van der Waals surface area (Å²) in [5.41, 5.74) is 0. The lowest BCUT2D eigenvalue weighted by molar-refractivity contribution is -0.119. The van der Waals surface area contributed by atoms with Crippen LogP contribution in [0.3, 0.4) is 0 Å². The van der Waals surface area contributed by atoms with Crippen molar-refractivity contribution in [2.45, 2.75) is 32.7 Å². The summed E-state index contributed by atoms with van der Waals surface area (Å²) >= 11 is 0. The summed E-state index contributed by atoms with van der Waals surface area (Å²) in [6, 6.07) is 0. The molecule has 0 spiro atoms. The van der Waals surface area contributed by atoms with E-state index in [4.69, 9.17) is 9.47 Å². The Kier molecular flexibility index (Phi) is 7.29. The fraction of sp³-hybridized carbons (Fsp3) is 0.692. The third kappa shape index (κ3) is 5.42. The van der Waals surface area contributed by atoms with E-state index in [0.717, 1.165) is 18.8 Å². The molecule has 0 saturated carbocycles. The molecule has 0 N–H and O–H groups in total. The second-order valence-electron chi connectivity index (χ2n) is 4.11. The van der Waals surface area contributed by atoms with Crippen LogP contribution in [0.2, 0.25) is 0 Å². The monoisotopic (exact) mass is 254 g/mol. The quantitative estimate of drug-likeness (QED) is 0.593. The van der Waals surface area contributed by atoms with Gasteiger partial charge in [0.2, 0.25) is 0 Å². The van der Waals surface area contributed by atoms with Gasteiger partial charge in [0.1, 0.15) is 11.6 Å². The molecule has 1 heterocycles. The number of aryl methyl sites for hydroxylation is 1. The maximum Gasteiger partial charge on any atom is 0.142 e. The molecule has 0 aliphatic carbocycles. The topological polar surface area (TPSA) is 53.4 Å². The van der Waals surface area contributed by atoms with Crippen LogP contribution in [0, 0.1) is 0 Å². The summed E-state index contributed by atoms with van der Waals surface area (Å²) in [7, 11) is 1.63. The highest BCUT2D eigenvalue weighted by atomic mass is 16.5. The molecule has 1 aromatic rings. The number of hydrogen-bond donors (Lipinski definition) is 0. The maximum atomic E-state index is 11.7. The fourth-order valence-electron chi connectivity index (χ4n) is 1.65. The largest absolute Gasteiger partial charge is 0.382 e. The Labute approximate surface area is 108 Å². The number of ketones is 1. The highest BCUT2D eigenvalue weighted by molar-refractivity contribution is 5.80.